The average Bonchev–Trinajstić information content (AvgIpc) is 3.61. The Hall–Kier alpha value is -5.19. The second kappa shape index (κ2) is 13.6. The van der Waals surface area contributed by atoms with Gasteiger partial charge >= 0.3 is 20.1 Å². The van der Waals surface area contributed by atoms with Crippen molar-refractivity contribution in [1.29, 1.82) is 0 Å². The molecule has 0 bridgehead atoms. The number of benzene rings is 3. The minimum atomic E-state index is -3.20. The molecule has 13 heteroatoms. The molecule has 0 radical (unpaired) electrons. The van der Waals surface area contributed by atoms with Crippen molar-refractivity contribution in [2.24, 2.45) is 0 Å². The number of ether oxygens (including phenoxy) is 2. The summed E-state index contributed by atoms with van der Waals surface area (Å²) in [4.78, 5) is 39.8. The number of alkyl carbamates (subject to hydrolysis) is 1. The van der Waals surface area contributed by atoms with E-state index in [0.29, 0.717) is 27.8 Å². The van der Waals surface area contributed by atoms with Gasteiger partial charge in [-0.2, -0.15) is 0 Å². The number of rotatable bonds is 11. The van der Waals surface area contributed by atoms with Gasteiger partial charge in [-0.15, -0.1) is 0 Å². The lowest BCUT2D eigenvalue weighted by Gasteiger charge is -2.30. The summed E-state index contributed by atoms with van der Waals surface area (Å²) in [6.45, 7) is 2.43. The zero-order chi connectivity index (χ0) is 32.0. The van der Waals surface area contributed by atoms with E-state index < -0.39 is 44.4 Å². The van der Waals surface area contributed by atoms with Crippen molar-refractivity contribution in [2.75, 3.05) is 6.79 Å². The number of carbonyl (C=O) groups excluding carboxylic acids is 3. The number of hydrogen-bond acceptors (Lipinski definition) is 9. The molecule has 2 N–H and O–H groups in total. The molecule has 2 aromatic heterocycles. The fourth-order valence-corrected chi connectivity index (χ4v) is 5.12. The number of hydrogen-bond donors (Lipinski definition) is 2. The van der Waals surface area contributed by atoms with Crippen molar-refractivity contribution in [3.63, 3.8) is 0 Å². The molecule has 0 fully saturated rings. The fourth-order valence-electron chi connectivity index (χ4n) is 4.98. The van der Waals surface area contributed by atoms with Gasteiger partial charge in [0.15, 0.2) is 6.61 Å². The predicted octanol–water partition coefficient (Wildman–Crippen LogP) is 6.54. The van der Waals surface area contributed by atoms with Crippen LogP contribution in [0.25, 0.3) is 21.9 Å². The van der Waals surface area contributed by atoms with Crippen LogP contribution in [0.2, 0.25) is 0 Å². The third kappa shape index (κ3) is 7.49. The summed E-state index contributed by atoms with van der Waals surface area (Å²) in [6.07, 6.45) is -0.328. The molecule has 0 saturated heterocycles. The normalized spacial score (nSPS) is 13.1. The lowest BCUT2D eigenvalue weighted by Crippen LogP contribution is -2.58. The number of amides is 2. The van der Waals surface area contributed by atoms with Crippen molar-refractivity contribution in [3.8, 4) is 0 Å². The van der Waals surface area contributed by atoms with E-state index in [9.17, 15) is 23.5 Å². The van der Waals surface area contributed by atoms with Gasteiger partial charge in [-0.25, -0.2) is 23.2 Å². The lowest BCUT2D eigenvalue weighted by atomic mass is 9.91. The highest BCUT2D eigenvalue weighted by Crippen LogP contribution is 2.27. The molecular formula is C32H30N3O9P. The van der Waals surface area contributed by atoms with Crippen LogP contribution in [-0.2, 0) is 40.9 Å². The molecule has 2 heterocycles. The third-order valence-corrected chi connectivity index (χ3v) is 7.54. The van der Waals surface area contributed by atoms with Gasteiger partial charge in [0.25, 0.3) is 0 Å². The Morgan fingerprint density at radius 3 is 2.42 bits per heavy atom. The summed E-state index contributed by atoms with van der Waals surface area (Å²) in [7, 11) is -3.20. The van der Waals surface area contributed by atoms with E-state index in [4.69, 9.17) is 13.9 Å². The lowest BCUT2D eigenvalue weighted by molar-refractivity contribution is -0.127. The van der Waals surface area contributed by atoms with Crippen LogP contribution in [0.5, 0.6) is 0 Å². The van der Waals surface area contributed by atoms with Gasteiger partial charge < -0.3 is 24.5 Å². The van der Waals surface area contributed by atoms with Crippen LogP contribution in [-0.4, -0.2) is 35.0 Å². The summed E-state index contributed by atoms with van der Waals surface area (Å²) >= 11 is 0. The summed E-state index contributed by atoms with van der Waals surface area (Å²) in [5, 5.41) is 7.16. The fraction of sp³-hybridized carbons (Fsp3) is 0.219. The topological polar surface area (TPSA) is 155 Å². The number of fused-ring (bicyclic) bond motifs is 2. The highest BCUT2D eigenvalue weighted by Gasteiger charge is 2.38. The van der Waals surface area contributed by atoms with Crippen molar-refractivity contribution >= 4 is 47.9 Å². The molecule has 2 atom stereocenters. The maximum absolute atomic E-state index is 13.9. The summed E-state index contributed by atoms with van der Waals surface area (Å²) in [5.74, 6) is -0.0612. The third-order valence-electron chi connectivity index (χ3n) is 7.22. The molecule has 2 amide bonds. The molecule has 0 aliphatic heterocycles. The number of nitrogens with zero attached hydrogens (tertiary/aromatic N) is 1. The van der Waals surface area contributed by atoms with E-state index in [-0.39, 0.29) is 13.0 Å². The number of furan rings is 1. The molecule has 0 aliphatic rings. The molecule has 0 aliphatic carbocycles. The first-order valence-corrected chi connectivity index (χ1v) is 15.0. The Morgan fingerprint density at radius 2 is 1.67 bits per heavy atom. The van der Waals surface area contributed by atoms with Gasteiger partial charge in [-0.1, -0.05) is 66.7 Å². The molecular weight excluding hydrogens is 601 g/mol. The first-order valence-electron chi connectivity index (χ1n) is 13.9. The van der Waals surface area contributed by atoms with Crippen molar-refractivity contribution in [2.45, 2.75) is 38.5 Å². The van der Waals surface area contributed by atoms with E-state index in [1.165, 1.54) is 10.8 Å². The Morgan fingerprint density at radius 1 is 0.956 bits per heavy atom. The van der Waals surface area contributed by atoms with Crippen LogP contribution < -0.4 is 10.6 Å². The van der Waals surface area contributed by atoms with Crippen molar-refractivity contribution in [3.05, 3.63) is 108 Å². The second-order valence-corrected chi connectivity index (χ2v) is 11.2. The SMILES string of the molecule is CC(NC(=O)C(C)(Cc1cn(C(=O)OCOP(=O)=O)c2ccccc12)NC(=O)OCc1cc2ccccc2o1)c1ccccc1. The Labute approximate surface area is 258 Å². The molecule has 0 saturated carbocycles. The molecule has 45 heavy (non-hydrogen) atoms. The van der Waals surface area contributed by atoms with Gasteiger partial charge in [0.05, 0.1) is 11.6 Å². The van der Waals surface area contributed by atoms with Gasteiger partial charge in [0, 0.05) is 23.4 Å². The van der Waals surface area contributed by atoms with E-state index in [0.717, 1.165) is 10.9 Å². The first-order chi connectivity index (χ1) is 21.6. The summed E-state index contributed by atoms with van der Waals surface area (Å²) < 4.78 is 43.1. The molecule has 5 aromatic rings. The van der Waals surface area contributed by atoms with Gasteiger partial charge in [-0.3, -0.25) is 9.36 Å². The van der Waals surface area contributed by atoms with Gasteiger partial charge in [-0.05, 0) is 43.2 Å². The van der Waals surface area contributed by atoms with Crippen LogP contribution in [0.4, 0.5) is 9.59 Å². The molecule has 0 spiro atoms. The zero-order valence-corrected chi connectivity index (χ0v) is 25.3. The van der Waals surface area contributed by atoms with Crippen molar-refractivity contribution < 1.29 is 41.9 Å². The molecule has 5 rings (SSSR count). The van der Waals surface area contributed by atoms with E-state index in [1.54, 1.807) is 43.3 Å². The minimum absolute atomic E-state index is 0.0518. The summed E-state index contributed by atoms with van der Waals surface area (Å²) in [6, 6.07) is 25.0. The first kappa shape index (κ1) is 31.2. The number of carbonyl (C=O) groups is 3. The maximum atomic E-state index is 13.9. The number of aromatic nitrogens is 1. The maximum Gasteiger partial charge on any atom is 0.471 e. The number of nitrogens with one attached hydrogen (secondary N) is 2. The van der Waals surface area contributed by atoms with Gasteiger partial charge in [0.1, 0.15) is 16.9 Å². The van der Waals surface area contributed by atoms with Gasteiger partial charge in [0.2, 0.25) is 12.7 Å². The van der Waals surface area contributed by atoms with E-state index in [2.05, 4.69) is 15.2 Å². The van der Waals surface area contributed by atoms with Crippen LogP contribution >= 0.6 is 7.91 Å². The van der Waals surface area contributed by atoms with E-state index in [1.807, 2.05) is 55.5 Å². The molecule has 12 nitrogen and oxygen atoms in total. The number of para-hydroxylation sites is 2. The van der Waals surface area contributed by atoms with Crippen LogP contribution in [0.3, 0.4) is 0 Å². The average molecular weight is 632 g/mol. The highest BCUT2D eigenvalue weighted by atomic mass is 31.1. The molecule has 2 unspecified atom stereocenters. The van der Waals surface area contributed by atoms with E-state index >= 15 is 0 Å². The monoisotopic (exact) mass is 631 g/mol. The Bertz CT molecular complexity index is 1870. The smallest absolute Gasteiger partial charge is 0.457 e. The zero-order valence-electron chi connectivity index (χ0n) is 24.4. The van der Waals surface area contributed by atoms with Crippen LogP contribution in [0, 0.1) is 0 Å². The second-order valence-electron chi connectivity index (χ2n) is 10.5. The minimum Gasteiger partial charge on any atom is -0.457 e. The Balaban J connectivity index is 1.40. The molecule has 232 valence electrons. The largest absolute Gasteiger partial charge is 0.471 e. The summed E-state index contributed by atoms with van der Waals surface area (Å²) in [5.41, 5.74) is 0.926. The van der Waals surface area contributed by atoms with Crippen molar-refractivity contribution in [1.82, 2.24) is 15.2 Å². The predicted molar refractivity (Wildman–Crippen MR) is 163 cm³/mol. The van der Waals surface area contributed by atoms with Crippen LogP contribution in [0.1, 0.15) is 36.8 Å². The van der Waals surface area contributed by atoms with Crippen LogP contribution in [0.15, 0.2) is 95.5 Å². The standard InChI is InChI=1S/C32H30N3O9P/c1-21(22-10-4-3-5-11-22)33-29(36)32(2,34-30(37)41-19-25-16-23-12-6-9-15-28(23)44-25)17-24-18-35(27-14-8-7-13-26(24)27)31(38)42-20-43-45(39)40/h3-16,18,21H,17,19-20H2,1-2H3,(H,33,36)(H,34,37). The highest BCUT2D eigenvalue weighted by molar-refractivity contribution is 7.24. The quantitative estimate of drug-likeness (QED) is 0.122. The molecule has 3 aromatic carbocycles. The Kier molecular flexibility index (Phi) is 9.46.